The van der Waals surface area contributed by atoms with Crippen molar-refractivity contribution < 1.29 is 4.79 Å². The summed E-state index contributed by atoms with van der Waals surface area (Å²) in [6.45, 7) is 3.78. The van der Waals surface area contributed by atoms with E-state index in [4.69, 9.17) is 5.73 Å². The van der Waals surface area contributed by atoms with E-state index < -0.39 is 0 Å². The molecule has 0 aromatic heterocycles. The summed E-state index contributed by atoms with van der Waals surface area (Å²) in [6.07, 6.45) is 0.179. The summed E-state index contributed by atoms with van der Waals surface area (Å²) in [4.78, 5) is 10.6. The molecule has 0 radical (unpaired) electrons. The Kier molecular flexibility index (Phi) is 3.85. The number of rotatable bonds is 4. The molecule has 1 amide bonds. The number of nitrogens with two attached hydrogens (primary N) is 1. The quantitative estimate of drug-likeness (QED) is 0.579. The van der Waals surface area contributed by atoms with Crippen molar-refractivity contribution in [2.75, 3.05) is 5.43 Å². The molecule has 0 saturated carbocycles. The minimum atomic E-state index is -0.373. The number of hydrazone groups is 1. The Morgan fingerprint density at radius 3 is 2.53 bits per heavy atom. The van der Waals surface area contributed by atoms with Gasteiger partial charge in [-0.25, -0.2) is 0 Å². The summed E-state index contributed by atoms with van der Waals surface area (Å²) in [5, 5.41) is 4.03. The topological polar surface area (TPSA) is 67.5 Å². The lowest BCUT2D eigenvalue weighted by Gasteiger charge is -2.02. The van der Waals surface area contributed by atoms with Crippen LogP contribution >= 0.6 is 0 Å². The molecule has 4 nitrogen and oxygen atoms in total. The number of hydrogen-bond donors (Lipinski definition) is 2. The standard InChI is InChI=1S/C11H15N3O/c1-8-3-5-10(6-4-8)14-13-9(2)7-11(12)15/h3-6,14H,7H2,1-2H3,(H2,12,15)/b13-9+. The van der Waals surface area contributed by atoms with E-state index >= 15 is 0 Å². The predicted molar refractivity (Wildman–Crippen MR) is 61.7 cm³/mol. The van der Waals surface area contributed by atoms with Gasteiger partial charge in [0.1, 0.15) is 0 Å². The van der Waals surface area contributed by atoms with Gasteiger partial charge in [-0.3, -0.25) is 10.2 Å². The molecule has 3 N–H and O–H groups in total. The third-order valence-electron chi connectivity index (χ3n) is 1.86. The van der Waals surface area contributed by atoms with Gasteiger partial charge in [0.2, 0.25) is 5.91 Å². The SMILES string of the molecule is C/C(CC(N)=O)=N\Nc1ccc(C)cc1. The van der Waals surface area contributed by atoms with E-state index in [-0.39, 0.29) is 12.3 Å². The number of anilines is 1. The van der Waals surface area contributed by atoms with Gasteiger partial charge < -0.3 is 5.73 Å². The average Bonchev–Trinajstić information content (AvgIpc) is 2.16. The lowest BCUT2D eigenvalue weighted by atomic mass is 10.2. The maximum absolute atomic E-state index is 10.6. The molecule has 0 aliphatic carbocycles. The summed E-state index contributed by atoms with van der Waals surface area (Å²) in [5.74, 6) is -0.373. The molecule has 0 aliphatic heterocycles. The fourth-order valence-electron chi connectivity index (χ4n) is 1.08. The fourth-order valence-corrected chi connectivity index (χ4v) is 1.08. The van der Waals surface area contributed by atoms with Crippen molar-refractivity contribution in [1.82, 2.24) is 0 Å². The first-order valence-corrected chi connectivity index (χ1v) is 4.72. The van der Waals surface area contributed by atoms with Crippen LogP contribution in [0.15, 0.2) is 29.4 Å². The minimum absolute atomic E-state index is 0.179. The van der Waals surface area contributed by atoms with Crippen molar-refractivity contribution in [3.8, 4) is 0 Å². The Hall–Kier alpha value is -1.84. The molecular weight excluding hydrogens is 190 g/mol. The highest BCUT2D eigenvalue weighted by atomic mass is 16.1. The van der Waals surface area contributed by atoms with Gasteiger partial charge in [0, 0.05) is 5.71 Å². The largest absolute Gasteiger partial charge is 0.369 e. The monoisotopic (exact) mass is 205 g/mol. The number of aryl methyl sites for hydroxylation is 1. The van der Waals surface area contributed by atoms with E-state index in [9.17, 15) is 4.79 Å². The zero-order chi connectivity index (χ0) is 11.3. The molecule has 0 spiro atoms. The molecule has 0 bridgehead atoms. The van der Waals surface area contributed by atoms with Gasteiger partial charge in [-0.15, -0.1) is 0 Å². The molecule has 0 aliphatic rings. The number of benzene rings is 1. The van der Waals surface area contributed by atoms with Crippen LogP contribution in [0.2, 0.25) is 0 Å². The molecule has 80 valence electrons. The van der Waals surface area contributed by atoms with Gasteiger partial charge in [-0.2, -0.15) is 5.10 Å². The zero-order valence-electron chi connectivity index (χ0n) is 8.95. The van der Waals surface area contributed by atoms with Crippen LogP contribution in [0.5, 0.6) is 0 Å². The highest BCUT2D eigenvalue weighted by molar-refractivity contribution is 5.99. The van der Waals surface area contributed by atoms with Gasteiger partial charge in [-0.05, 0) is 26.0 Å². The van der Waals surface area contributed by atoms with E-state index in [2.05, 4.69) is 10.5 Å². The van der Waals surface area contributed by atoms with Crippen molar-refractivity contribution in [1.29, 1.82) is 0 Å². The number of nitrogens with one attached hydrogen (secondary N) is 1. The van der Waals surface area contributed by atoms with Crippen LogP contribution in [0.4, 0.5) is 5.69 Å². The Labute approximate surface area is 89.2 Å². The van der Waals surface area contributed by atoms with E-state index in [1.165, 1.54) is 5.56 Å². The Morgan fingerprint density at radius 2 is 2.00 bits per heavy atom. The number of primary amides is 1. The van der Waals surface area contributed by atoms with E-state index in [1.54, 1.807) is 6.92 Å². The van der Waals surface area contributed by atoms with Crippen molar-refractivity contribution in [2.45, 2.75) is 20.3 Å². The van der Waals surface area contributed by atoms with Crippen LogP contribution in [-0.2, 0) is 4.79 Å². The normalized spacial score (nSPS) is 11.2. The highest BCUT2D eigenvalue weighted by Gasteiger charge is 1.97. The van der Waals surface area contributed by atoms with Crippen LogP contribution in [0.25, 0.3) is 0 Å². The molecule has 0 saturated heterocycles. The van der Waals surface area contributed by atoms with Gasteiger partial charge >= 0.3 is 0 Å². The molecule has 1 aromatic carbocycles. The van der Waals surface area contributed by atoms with E-state index in [0.717, 1.165) is 5.69 Å². The summed E-state index contributed by atoms with van der Waals surface area (Å²) in [5.41, 5.74) is 10.6. The predicted octanol–water partition coefficient (Wildman–Crippen LogP) is 1.66. The summed E-state index contributed by atoms with van der Waals surface area (Å²) in [6, 6.07) is 7.83. The maximum atomic E-state index is 10.6. The number of hydrogen-bond acceptors (Lipinski definition) is 3. The summed E-state index contributed by atoms with van der Waals surface area (Å²) in [7, 11) is 0. The Balaban J connectivity index is 2.55. The van der Waals surface area contributed by atoms with Gasteiger partial charge in [0.15, 0.2) is 0 Å². The number of nitrogens with zero attached hydrogens (tertiary/aromatic N) is 1. The first-order chi connectivity index (χ1) is 7.08. The van der Waals surface area contributed by atoms with Crippen molar-refractivity contribution in [2.24, 2.45) is 10.8 Å². The van der Waals surface area contributed by atoms with Crippen molar-refractivity contribution in [3.05, 3.63) is 29.8 Å². The lowest BCUT2D eigenvalue weighted by molar-refractivity contribution is -0.116. The van der Waals surface area contributed by atoms with Gasteiger partial charge in [0.25, 0.3) is 0 Å². The average molecular weight is 205 g/mol. The first kappa shape index (κ1) is 11.2. The van der Waals surface area contributed by atoms with Crippen LogP contribution in [0.1, 0.15) is 18.9 Å². The lowest BCUT2D eigenvalue weighted by Crippen LogP contribution is -2.15. The van der Waals surface area contributed by atoms with Crippen LogP contribution in [-0.4, -0.2) is 11.6 Å². The fraction of sp³-hybridized carbons (Fsp3) is 0.273. The van der Waals surface area contributed by atoms with Crippen LogP contribution in [0.3, 0.4) is 0 Å². The molecule has 0 fully saturated rings. The number of carbonyl (C=O) groups is 1. The van der Waals surface area contributed by atoms with Crippen molar-refractivity contribution >= 4 is 17.3 Å². The van der Waals surface area contributed by atoms with Gasteiger partial charge in [-0.1, -0.05) is 17.7 Å². The number of carbonyl (C=O) groups excluding carboxylic acids is 1. The smallest absolute Gasteiger partial charge is 0.223 e. The Morgan fingerprint density at radius 1 is 1.40 bits per heavy atom. The second-order valence-electron chi connectivity index (χ2n) is 3.47. The molecule has 1 rings (SSSR count). The van der Waals surface area contributed by atoms with Crippen LogP contribution in [0, 0.1) is 6.92 Å². The van der Waals surface area contributed by atoms with Gasteiger partial charge in [0.05, 0.1) is 12.1 Å². The summed E-state index contributed by atoms with van der Waals surface area (Å²) >= 11 is 0. The Bertz CT molecular complexity index is 368. The van der Waals surface area contributed by atoms with Crippen molar-refractivity contribution in [3.63, 3.8) is 0 Å². The molecule has 4 heteroatoms. The molecule has 0 atom stereocenters. The minimum Gasteiger partial charge on any atom is -0.369 e. The zero-order valence-corrected chi connectivity index (χ0v) is 8.95. The molecular formula is C11H15N3O. The molecule has 0 heterocycles. The maximum Gasteiger partial charge on any atom is 0.223 e. The van der Waals surface area contributed by atoms with E-state index in [0.29, 0.717) is 5.71 Å². The van der Waals surface area contributed by atoms with Crippen LogP contribution < -0.4 is 11.2 Å². The third-order valence-corrected chi connectivity index (χ3v) is 1.86. The molecule has 0 unspecified atom stereocenters. The summed E-state index contributed by atoms with van der Waals surface area (Å²) < 4.78 is 0. The van der Waals surface area contributed by atoms with E-state index in [1.807, 2.05) is 31.2 Å². The first-order valence-electron chi connectivity index (χ1n) is 4.72. The second kappa shape index (κ2) is 5.14. The number of amides is 1. The second-order valence-corrected chi connectivity index (χ2v) is 3.47. The molecule has 15 heavy (non-hydrogen) atoms. The highest BCUT2D eigenvalue weighted by Crippen LogP contribution is 2.08. The third kappa shape index (κ3) is 4.26. The molecule has 1 aromatic rings.